The molecule has 15 heavy (non-hydrogen) atoms. The molecule has 5 heteroatoms. The monoisotopic (exact) mass is 231 g/mol. The lowest BCUT2D eigenvalue weighted by atomic mass is 10.2. The molecule has 0 aromatic rings. The van der Waals surface area contributed by atoms with Crippen LogP contribution in [0.4, 0.5) is 0 Å². The van der Waals surface area contributed by atoms with Gasteiger partial charge in [-0.2, -0.15) is 12.6 Å². The highest BCUT2D eigenvalue weighted by molar-refractivity contribution is 7.80. The Morgan fingerprint density at radius 1 is 1.07 bits per heavy atom. The number of carbonyl (C=O) groups is 2. The number of morpholine rings is 1. The Balaban J connectivity index is 2.18. The summed E-state index contributed by atoms with van der Waals surface area (Å²) in [5.74, 6) is 0.482. The number of ether oxygens (including phenoxy) is 1. The Morgan fingerprint density at radius 3 is 2.27 bits per heavy atom. The van der Waals surface area contributed by atoms with Gasteiger partial charge in [-0.05, 0) is 18.6 Å². The summed E-state index contributed by atoms with van der Waals surface area (Å²) in [5, 5.41) is 0. The molecule has 0 bridgehead atoms. The standard InChI is InChI=1S/C10H17NO3S/c12-9-7-14-8-10(13)11(9)5-3-1-2-4-6-15/h15H,1-8H2. The molecule has 0 N–H and O–H groups in total. The first-order valence-electron chi connectivity index (χ1n) is 5.27. The fourth-order valence-electron chi connectivity index (χ4n) is 1.51. The highest BCUT2D eigenvalue weighted by Gasteiger charge is 2.25. The maximum absolute atomic E-state index is 11.3. The molecule has 0 unspecified atom stereocenters. The van der Waals surface area contributed by atoms with E-state index in [0.717, 1.165) is 31.4 Å². The van der Waals surface area contributed by atoms with Gasteiger partial charge in [0.1, 0.15) is 13.2 Å². The van der Waals surface area contributed by atoms with Gasteiger partial charge in [0.15, 0.2) is 0 Å². The van der Waals surface area contributed by atoms with Gasteiger partial charge >= 0.3 is 0 Å². The van der Waals surface area contributed by atoms with E-state index in [0.29, 0.717) is 6.54 Å². The summed E-state index contributed by atoms with van der Waals surface area (Å²) in [6, 6.07) is 0. The Hall–Kier alpha value is -0.550. The molecule has 1 saturated heterocycles. The Morgan fingerprint density at radius 2 is 1.67 bits per heavy atom. The van der Waals surface area contributed by atoms with Gasteiger partial charge in [-0.25, -0.2) is 0 Å². The minimum atomic E-state index is -0.208. The van der Waals surface area contributed by atoms with E-state index < -0.39 is 0 Å². The average Bonchev–Trinajstić information content (AvgIpc) is 2.21. The number of hydrogen-bond acceptors (Lipinski definition) is 4. The third kappa shape index (κ3) is 4.22. The van der Waals surface area contributed by atoms with Crippen molar-refractivity contribution in [1.29, 1.82) is 0 Å². The number of hydrogen-bond donors (Lipinski definition) is 1. The van der Waals surface area contributed by atoms with Gasteiger partial charge in [0, 0.05) is 6.54 Å². The molecule has 1 fully saturated rings. The lowest BCUT2D eigenvalue weighted by Gasteiger charge is -2.24. The van der Waals surface area contributed by atoms with Gasteiger partial charge in [0.25, 0.3) is 11.8 Å². The van der Waals surface area contributed by atoms with Crippen molar-refractivity contribution in [3.8, 4) is 0 Å². The minimum Gasteiger partial charge on any atom is -0.362 e. The Labute approximate surface area is 95.4 Å². The number of unbranched alkanes of at least 4 members (excludes halogenated alkanes) is 3. The van der Waals surface area contributed by atoms with Crippen LogP contribution in [0.15, 0.2) is 0 Å². The second-order valence-electron chi connectivity index (χ2n) is 3.57. The van der Waals surface area contributed by atoms with Crippen molar-refractivity contribution in [3.05, 3.63) is 0 Å². The summed E-state index contributed by atoms with van der Waals surface area (Å²) in [6.45, 7) is 0.623. The fourth-order valence-corrected chi connectivity index (χ4v) is 1.73. The van der Waals surface area contributed by atoms with Crippen LogP contribution in [-0.4, -0.2) is 42.2 Å². The zero-order valence-electron chi connectivity index (χ0n) is 8.78. The van der Waals surface area contributed by atoms with Crippen molar-refractivity contribution in [3.63, 3.8) is 0 Å². The zero-order chi connectivity index (χ0) is 11.1. The van der Waals surface area contributed by atoms with Crippen molar-refractivity contribution < 1.29 is 14.3 Å². The third-order valence-corrected chi connectivity index (χ3v) is 2.66. The quantitative estimate of drug-likeness (QED) is 0.419. The Kier molecular flexibility index (Phi) is 5.71. The van der Waals surface area contributed by atoms with Crippen LogP contribution in [0.25, 0.3) is 0 Å². The maximum Gasteiger partial charge on any atom is 0.255 e. The molecule has 86 valence electrons. The van der Waals surface area contributed by atoms with Crippen molar-refractivity contribution in [2.45, 2.75) is 25.7 Å². The molecule has 0 spiro atoms. The van der Waals surface area contributed by atoms with E-state index in [4.69, 9.17) is 4.74 Å². The summed E-state index contributed by atoms with van der Waals surface area (Å²) in [4.78, 5) is 23.9. The van der Waals surface area contributed by atoms with Gasteiger partial charge in [-0.1, -0.05) is 12.8 Å². The second-order valence-corrected chi connectivity index (χ2v) is 4.02. The Bertz CT molecular complexity index is 217. The summed E-state index contributed by atoms with van der Waals surface area (Å²) in [7, 11) is 0. The van der Waals surface area contributed by atoms with Gasteiger partial charge in [0.05, 0.1) is 0 Å². The van der Waals surface area contributed by atoms with Crippen molar-refractivity contribution >= 4 is 24.4 Å². The van der Waals surface area contributed by atoms with E-state index in [1.165, 1.54) is 4.90 Å². The molecule has 0 saturated carbocycles. The number of amides is 2. The molecule has 1 rings (SSSR count). The lowest BCUT2D eigenvalue weighted by Crippen LogP contribution is -2.46. The van der Waals surface area contributed by atoms with Gasteiger partial charge in [-0.15, -0.1) is 0 Å². The van der Waals surface area contributed by atoms with Crippen LogP contribution >= 0.6 is 12.6 Å². The molecule has 1 heterocycles. The SMILES string of the molecule is O=C1COCC(=O)N1CCCCCCS. The molecule has 2 amide bonds. The van der Waals surface area contributed by atoms with E-state index in [1.807, 2.05) is 0 Å². The number of thiol groups is 1. The smallest absolute Gasteiger partial charge is 0.255 e. The molecule has 0 aromatic heterocycles. The van der Waals surface area contributed by atoms with E-state index in [2.05, 4.69) is 12.6 Å². The van der Waals surface area contributed by atoms with Crippen LogP contribution in [0.1, 0.15) is 25.7 Å². The normalized spacial score (nSPS) is 17.3. The summed E-state index contributed by atoms with van der Waals surface area (Å²) in [6.07, 6.45) is 4.12. The second kappa shape index (κ2) is 6.85. The molecule has 0 radical (unpaired) electrons. The molecule has 4 nitrogen and oxygen atoms in total. The maximum atomic E-state index is 11.3. The highest BCUT2D eigenvalue weighted by atomic mass is 32.1. The molecular formula is C10H17NO3S. The van der Waals surface area contributed by atoms with Crippen LogP contribution in [-0.2, 0) is 14.3 Å². The van der Waals surface area contributed by atoms with Gasteiger partial charge in [0.2, 0.25) is 0 Å². The zero-order valence-corrected chi connectivity index (χ0v) is 9.67. The van der Waals surface area contributed by atoms with Crippen LogP contribution in [0.5, 0.6) is 0 Å². The first kappa shape index (κ1) is 12.5. The van der Waals surface area contributed by atoms with Crippen molar-refractivity contribution in [2.75, 3.05) is 25.5 Å². The summed E-state index contributed by atoms with van der Waals surface area (Å²) in [5.41, 5.74) is 0. The molecule has 1 aliphatic heterocycles. The highest BCUT2D eigenvalue weighted by Crippen LogP contribution is 2.06. The lowest BCUT2D eigenvalue weighted by molar-refractivity contribution is -0.158. The predicted molar refractivity (Wildman–Crippen MR) is 59.9 cm³/mol. The molecule has 0 aromatic carbocycles. The van der Waals surface area contributed by atoms with Crippen LogP contribution in [0, 0.1) is 0 Å². The molecule has 0 aliphatic carbocycles. The van der Waals surface area contributed by atoms with Crippen LogP contribution < -0.4 is 0 Å². The third-order valence-electron chi connectivity index (χ3n) is 2.34. The first-order chi connectivity index (χ1) is 7.25. The van der Waals surface area contributed by atoms with Gasteiger partial charge < -0.3 is 4.74 Å². The van der Waals surface area contributed by atoms with Crippen molar-refractivity contribution in [2.24, 2.45) is 0 Å². The number of imide groups is 1. The molecular weight excluding hydrogens is 214 g/mol. The van der Waals surface area contributed by atoms with E-state index in [1.54, 1.807) is 0 Å². The fraction of sp³-hybridized carbons (Fsp3) is 0.800. The predicted octanol–water partition coefficient (Wildman–Crippen LogP) is 0.862. The van der Waals surface area contributed by atoms with Crippen LogP contribution in [0.3, 0.4) is 0 Å². The molecule has 0 atom stereocenters. The van der Waals surface area contributed by atoms with E-state index >= 15 is 0 Å². The number of carbonyl (C=O) groups excluding carboxylic acids is 2. The van der Waals surface area contributed by atoms with Gasteiger partial charge in [-0.3, -0.25) is 14.5 Å². The molecule has 1 aliphatic rings. The number of nitrogens with zero attached hydrogens (tertiary/aromatic N) is 1. The first-order valence-corrected chi connectivity index (χ1v) is 5.90. The summed E-state index contributed by atoms with van der Waals surface area (Å²) >= 11 is 4.12. The van der Waals surface area contributed by atoms with E-state index in [-0.39, 0.29) is 25.0 Å². The average molecular weight is 231 g/mol. The van der Waals surface area contributed by atoms with E-state index in [9.17, 15) is 9.59 Å². The minimum absolute atomic E-state index is 0.0440. The van der Waals surface area contributed by atoms with Crippen LogP contribution in [0.2, 0.25) is 0 Å². The number of rotatable bonds is 6. The summed E-state index contributed by atoms with van der Waals surface area (Å²) < 4.78 is 4.82. The van der Waals surface area contributed by atoms with Crippen molar-refractivity contribution in [1.82, 2.24) is 4.90 Å². The largest absolute Gasteiger partial charge is 0.362 e. The topological polar surface area (TPSA) is 46.6 Å².